The van der Waals surface area contributed by atoms with Gasteiger partial charge in [-0.15, -0.1) is 0 Å². The number of nitro benzene ring substituents is 1. The Hall–Kier alpha value is -1.49. The highest BCUT2D eigenvalue weighted by atomic mass is 19.1. The summed E-state index contributed by atoms with van der Waals surface area (Å²) >= 11 is 0. The molecule has 1 aliphatic carbocycles. The van der Waals surface area contributed by atoms with Crippen molar-refractivity contribution in [3.05, 3.63) is 39.2 Å². The molecule has 4 nitrogen and oxygen atoms in total. The van der Waals surface area contributed by atoms with Gasteiger partial charge in [0, 0.05) is 12.1 Å². The van der Waals surface area contributed by atoms with E-state index in [0.29, 0.717) is 24.0 Å². The first kappa shape index (κ1) is 9.08. The SMILES string of the molecule is N[C@@H]1CCc2c(F)cc([N+](=O)[O-])cc21. The van der Waals surface area contributed by atoms with Crippen molar-refractivity contribution in [1.82, 2.24) is 0 Å². The standard InChI is InChI=1S/C9H9FN2O2/c10-8-4-5(12(13)14)3-7-6(8)1-2-9(7)11/h3-4,9H,1-2,11H2/t9-/m1/s1. The third-order valence-electron chi connectivity index (χ3n) is 2.53. The summed E-state index contributed by atoms with van der Waals surface area (Å²) in [5, 5.41) is 10.5. The van der Waals surface area contributed by atoms with E-state index in [0.717, 1.165) is 6.07 Å². The Morgan fingerprint density at radius 2 is 2.29 bits per heavy atom. The maximum Gasteiger partial charge on any atom is 0.272 e. The predicted octanol–water partition coefficient (Wildman–Crippen LogP) is 1.68. The number of hydrogen-bond donors (Lipinski definition) is 1. The molecule has 1 aliphatic rings. The number of hydrogen-bond acceptors (Lipinski definition) is 3. The van der Waals surface area contributed by atoms with Gasteiger partial charge in [0.2, 0.25) is 0 Å². The van der Waals surface area contributed by atoms with E-state index in [1.165, 1.54) is 6.07 Å². The van der Waals surface area contributed by atoms with Crippen molar-refractivity contribution in [2.45, 2.75) is 18.9 Å². The highest BCUT2D eigenvalue weighted by molar-refractivity contribution is 5.44. The van der Waals surface area contributed by atoms with Crippen LogP contribution in [-0.2, 0) is 6.42 Å². The van der Waals surface area contributed by atoms with Crippen LogP contribution in [0.3, 0.4) is 0 Å². The van der Waals surface area contributed by atoms with Gasteiger partial charge in [0.1, 0.15) is 5.82 Å². The molecule has 1 aromatic carbocycles. The minimum atomic E-state index is -0.603. The second kappa shape index (κ2) is 3.02. The third-order valence-corrected chi connectivity index (χ3v) is 2.53. The van der Waals surface area contributed by atoms with Crippen molar-refractivity contribution < 1.29 is 9.31 Å². The lowest BCUT2D eigenvalue weighted by atomic mass is 10.1. The van der Waals surface area contributed by atoms with E-state index in [4.69, 9.17) is 5.73 Å². The number of benzene rings is 1. The maximum absolute atomic E-state index is 13.3. The summed E-state index contributed by atoms with van der Waals surface area (Å²) in [6, 6.07) is 2.06. The van der Waals surface area contributed by atoms with Crippen LogP contribution in [0.15, 0.2) is 12.1 Å². The zero-order chi connectivity index (χ0) is 10.3. The van der Waals surface area contributed by atoms with Crippen molar-refractivity contribution >= 4 is 5.69 Å². The van der Waals surface area contributed by atoms with Crippen molar-refractivity contribution in [3.8, 4) is 0 Å². The topological polar surface area (TPSA) is 69.2 Å². The molecule has 14 heavy (non-hydrogen) atoms. The van der Waals surface area contributed by atoms with Crippen molar-refractivity contribution in [2.24, 2.45) is 5.73 Å². The average Bonchev–Trinajstić information content (AvgIpc) is 2.48. The number of nitrogens with two attached hydrogens (primary N) is 1. The molecule has 0 bridgehead atoms. The summed E-state index contributed by atoms with van der Waals surface area (Å²) in [5.74, 6) is -0.512. The Kier molecular flexibility index (Phi) is 1.96. The quantitative estimate of drug-likeness (QED) is 0.548. The molecule has 2 rings (SSSR count). The van der Waals surface area contributed by atoms with Gasteiger partial charge in [0.25, 0.3) is 5.69 Å². The molecule has 0 aromatic heterocycles. The summed E-state index contributed by atoms with van der Waals surface area (Å²) in [5.41, 5.74) is 6.58. The Bertz CT molecular complexity index is 406. The zero-order valence-electron chi connectivity index (χ0n) is 7.37. The number of nitro groups is 1. The fraction of sp³-hybridized carbons (Fsp3) is 0.333. The van der Waals surface area contributed by atoms with Gasteiger partial charge < -0.3 is 5.73 Å². The molecule has 2 N–H and O–H groups in total. The molecule has 0 heterocycles. The number of non-ortho nitro benzene ring substituents is 1. The molecule has 0 aliphatic heterocycles. The maximum atomic E-state index is 13.3. The first-order valence-electron chi connectivity index (χ1n) is 4.32. The van der Waals surface area contributed by atoms with E-state index >= 15 is 0 Å². The normalized spacial score (nSPS) is 19.4. The summed E-state index contributed by atoms with van der Waals surface area (Å²) in [7, 11) is 0. The van der Waals surface area contributed by atoms with Crippen LogP contribution in [0.25, 0.3) is 0 Å². The largest absolute Gasteiger partial charge is 0.324 e. The van der Waals surface area contributed by atoms with Crippen LogP contribution in [-0.4, -0.2) is 4.92 Å². The van der Waals surface area contributed by atoms with Crippen LogP contribution in [0.1, 0.15) is 23.6 Å². The number of fused-ring (bicyclic) bond motifs is 1. The molecule has 74 valence electrons. The summed E-state index contributed by atoms with van der Waals surface area (Å²) in [6.07, 6.45) is 1.23. The van der Waals surface area contributed by atoms with Crippen molar-refractivity contribution in [2.75, 3.05) is 0 Å². The van der Waals surface area contributed by atoms with Crippen LogP contribution >= 0.6 is 0 Å². The molecular formula is C9H9FN2O2. The Morgan fingerprint density at radius 3 is 2.93 bits per heavy atom. The second-order valence-corrected chi connectivity index (χ2v) is 3.40. The summed E-state index contributed by atoms with van der Waals surface area (Å²) in [6.45, 7) is 0. The van der Waals surface area contributed by atoms with Crippen LogP contribution in [0.2, 0.25) is 0 Å². The fourth-order valence-electron chi connectivity index (χ4n) is 1.80. The van der Waals surface area contributed by atoms with Gasteiger partial charge in [-0.05, 0) is 24.0 Å². The van der Waals surface area contributed by atoms with E-state index < -0.39 is 10.7 Å². The monoisotopic (exact) mass is 196 g/mol. The van der Waals surface area contributed by atoms with E-state index in [2.05, 4.69) is 0 Å². The minimum absolute atomic E-state index is 0.224. The summed E-state index contributed by atoms with van der Waals surface area (Å²) in [4.78, 5) is 9.85. The lowest BCUT2D eigenvalue weighted by Crippen LogP contribution is -2.06. The van der Waals surface area contributed by atoms with Crippen LogP contribution in [0, 0.1) is 15.9 Å². The van der Waals surface area contributed by atoms with Crippen molar-refractivity contribution in [1.29, 1.82) is 0 Å². The highest BCUT2D eigenvalue weighted by Crippen LogP contribution is 2.33. The molecule has 0 spiro atoms. The van der Waals surface area contributed by atoms with Crippen LogP contribution < -0.4 is 5.73 Å². The van der Waals surface area contributed by atoms with E-state index in [1.54, 1.807) is 0 Å². The van der Waals surface area contributed by atoms with Gasteiger partial charge in [-0.2, -0.15) is 0 Å². The lowest BCUT2D eigenvalue weighted by molar-refractivity contribution is -0.385. The predicted molar refractivity (Wildman–Crippen MR) is 48.3 cm³/mol. The summed E-state index contributed by atoms with van der Waals surface area (Å²) < 4.78 is 13.3. The number of rotatable bonds is 1. The van der Waals surface area contributed by atoms with Gasteiger partial charge in [-0.25, -0.2) is 4.39 Å². The Morgan fingerprint density at radius 1 is 1.57 bits per heavy atom. The molecule has 0 unspecified atom stereocenters. The highest BCUT2D eigenvalue weighted by Gasteiger charge is 2.25. The molecule has 1 aromatic rings. The molecule has 1 atom stereocenters. The smallest absolute Gasteiger partial charge is 0.272 e. The van der Waals surface area contributed by atoms with Gasteiger partial charge in [-0.3, -0.25) is 10.1 Å². The van der Waals surface area contributed by atoms with E-state index in [-0.39, 0.29) is 11.7 Å². The second-order valence-electron chi connectivity index (χ2n) is 3.40. The zero-order valence-corrected chi connectivity index (χ0v) is 7.37. The van der Waals surface area contributed by atoms with Crippen molar-refractivity contribution in [3.63, 3.8) is 0 Å². The fourth-order valence-corrected chi connectivity index (χ4v) is 1.80. The molecular weight excluding hydrogens is 187 g/mol. The number of halogens is 1. The Balaban J connectivity index is 2.58. The molecule has 0 amide bonds. The van der Waals surface area contributed by atoms with Crippen LogP contribution in [0.5, 0.6) is 0 Å². The van der Waals surface area contributed by atoms with E-state index in [1.807, 2.05) is 0 Å². The molecule has 0 saturated carbocycles. The average molecular weight is 196 g/mol. The van der Waals surface area contributed by atoms with Gasteiger partial charge >= 0.3 is 0 Å². The molecule has 0 fully saturated rings. The molecule has 0 saturated heterocycles. The van der Waals surface area contributed by atoms with Crippen LogP contribution in [0.4, 0.5) is 10.1 Å². The minimum Gasteiger partial charge on any atom is -0.324 e. The Labute approximate surface area is 79.7 Å². The molecule has 5 heteroatoms. The first-order chi connectivity index (χ1) is 6.59. The van der Waals surface area contributed by atoms with E-state index in [9.17, 15) is 14.5 Å². The third kappa shape index (κ3) is 1.26. The lowest BCUT2D eigenvalue weighted by Gasteiger charge is -2.04. The molecule has 0 radical (unpaired) electrons. The van der Waals surface area contributed by atoms with Gasteiger partial charge in [0.05, 0.1) is 11.0 Å². The van der Waals surface area contributed by atoms with Gasteiger partial charge in [-0.1, -0.05) is 0 Å². The number of nitrogens with zero attached hydrogens (tertiary/aromatic N) is 1. The first-order valence-corrected chi connectivity index (χ1v) is 4.32. The van der Waals surface area contributed by atoms with Gasteiger partial charge in [0.15, 0.2) is 0 Å².